The largest absolute Gasteiger partial charge is 0.423 e. The molecule has 0 aliphatic rings. The van der Waals surface area contributed by atoms with Gasteiger partial charge in [0.15, 0.2) is 5.16 Å². The fraction of sp³-hybridized carbons (Fsp3) is 0.136. The number of benzene rings is 2. The number of allylic oxidation sites excluding steroid dienone is 1. The second kappa shape index (κ2) is 7.97. The summed E-state index contributed by atoms with van der Waals surface area (Å²) in [4.78, 5) is 28.1. The number of aromatic nitrogens is 2. The van der Waals surface area contributed by atoms with Gasteiger partial charge in [0.05, 0.1) is 11.0 Å². The Morgan fingerprint density at radius 3 is 2.90 bits per heavy atom. The van der Waals surface area contributed by atoms with Gasteiger partial charge in [0.1, 0.15) is 5.58 Å². The fourth-order valence-corrected chi connectivity index (χ4v) is 4.26. The van der Waals surface area contributed by atoms with Gasteiger partial charge in [-0.15, -0.1) is 6.58 Å². The Kier molecular flexibility index (Phi) is 5.22. The molecule has 6 nitrogen and oxygen atoms in total. The van der Waals surface area contributed by atoms with E-state index in [-0.39, 0.29) is 5.91 Å². The summed E-state index contributed by atoms with van der Waals surface area (Å²) in [5.41, 5.74) is 3.44. The minimum atomic E-state index is -0.423. The minimum absolute atomic E-state index is 0.181. The first kappa shape index (κ1) is 19.0. The van der Waals surface area contributed by atoms with Gasteiger partial charge in [0, 0.05) is 42.4 Å². The molecule has 0 saturated carbocycles. The van der Waals surface area contributed by atoms with Crippen LogP contribution in [-0.4, -0.2) is 15.5 Å². The van der Waals surface area contributed by atoms with Crippen LogP contribution in [0.4, 0.5) is 5.69 Å². The van der Waals surface area contributed by atoms with Crippen molar-refractivity contribution in [2.75, 3.05) is 5.32 Å². The molecule has 2 aromatic carbocycles. The number of carbonyl (C=O) groups excluding carboxylic acids is 1. The van der Waals surface area contributed by atoms with Crippen LogP contribution in [0.3, 0.4) is 0 Å². The molecule has 0 unspecified atom stereocenters. The zero-order valence-electron chi connectivity index (χ0n) is 15.8. The van der Waals surface area contributed by atoms with Crippen LogP contribution in [0.2, 0.25) is 0 Å². The number of hydrogen-bond acceptors (Lipinski definition) is 5. The summed E-state index contributed by atoms with van der Waals surface area (Å²) < 4.78 is 7.44. The van der Waals surface area contributed by atoms with E-state index in [1.807, 2.05) is 36.4 Å². The summed E-state index contributed by atoms with van der Waals surface area (Å²) in [6.07, 6.45) is 1.84. The summed E-state index contributed by atoms with van der Waals surface area (Å²) in [5.74, 6) is 0.377. The standard InChI is InChI=1S/C22H19N3O3S/c1-3-10-25-19-7-5-4-6-18(19)24-22(25)29-13-15-11-21(27)28-20-12-16(23-14(2)26)8-9-17(15)20/h3-9,11-12H,1,10,13H2,2H3,(H,23,26). The van der Waals surface area contributed by atoms with Crippen molar-refractivity contribution in [2.45, 2.75) is 24.4 Å². The molecule has 2 aromatic heterocycles. The number of nitrogens with one attached hydrogen (secondary N) is 1. The lowest BCUT2D eigenvalue weighted by Gasteiger charge is -2.09. The number of anilines is 1. The van der Waals surface area contributed by atoms with Crippen molar-refractivity contribution in [3.8, 4) is 0 Å². The Morgan fingerprint density at radius 2 is 2.10 bits per heavy atom. The predicted octanol–water partition coefficient (Wildman–Crippen LogP) is 4.58. The minimum Gasteiger partial charge on any atom is -0.423 e. The molecule has 7 heteroatoms. The maximum atomic E-state index is 12.1. The number of imidazole rings is 1. The maximum Gasteiger partial charge on any atom is 0.336 e. The molecular formula is C22H19N3O3S. The Bertz CT molecular complexity index is 1290. The molecule has 29 heavy (non-hydrogen) atoms. The number of thioether (sulfide) groups is 1. The smallest absolute Gasteiger partial charge is 0.336 e. The van der Waals surface area contributed by atoms with Crippen molar-refractivity contribution in [3.63, 3.8) is 0 Å². The van der Waals surface area contributed by atoms with Gasteiger partial charge in [-0.1, -0.05) is 30.0 Å². The van der Waals surface area contributed by atoms with Gasteiger partial charge in [0.25, 0.3) is 0 Å². The SMILES string of the molecule is C=CCn1c(SCc2cc(=O)oc3cc(NC(C)=O)ccc23)nc2ccccc21. The van der Waals surface area contributed by atoms with E-state index in [4.69, 9.17) is 9.40 Å². The molecule has 0 fully saturated rings. The zero-order chi connectivity index (χ0) is 20.4. The molecule has 0 saturated heterocycles. The predicted molar refractivity (Wildman–Crippen MR) is 116 cm³/mol. The third-order valence-electron chi connectivity index (χ3n) is 4.44. The normalized spacial score (nSPS) is 11.1. The van der Waals surface area contributed by atoms with Crippen molar-refractivity contribution < 1.29 is 9.21 Å². The van der Waals surface area contributed by atoms with E-state index in [1.165, 1.54) is 13.0 Å². The van der Waals surface area contributed by atoms with Crippen molar-refractivity contribution in [1.82, 2.24) is 9.55 Å². The van der Waals surface area contributed by atoms with Gasteiger partial charge < -0.3 is 14.3 Å². The molecule has 4 rings (SSSR count). The molecule has 0 spiro atoms. The molecule has 0 aliphatic heterocycles. The monoisotopic (exact) mass is 405 g/mol. The van der Waals surface area contributed by atoms with Gasteiger partial charge >= 0.3 is 5.63 Å². The number of carbonyl (C=O) groups is 1. The van der Waals surface area contributed by atoms with E-state index in [1.54, 1.807) is 23.9 Å². The van der Waals surface area contributed by atoms with Crippen molar-refractivity contribution in [2.24, 2.45) is 0 Å². The Labute approximate surface area is 171 Å². The van der Waals surface area contributed by atoms with Gasteiger partial charge in [-0.3, -0.25) is 4.79 Å². The number of rotatable bonds is 6. The lowest BCUT2D eigenvalue weighted by atomic mass is 10.1. The van der Waals surface area contributed by atoms with E-state index in [0.29, 0.717) is 23.6 Å². The second-order valence-electron chi connectivity index (χ2n) is 6.55. The highest BCUT2D eigenvalue weighted by Gasteiger charge is 2.13. The first-order valence-electron chi connectivity index (χ1n) is 9.08. The average molecular weight is 405 g/mol. The van der Waals surface area contributed by atoms with Gasteiger partial charge in [-0.25, -0.2) is 9.78 Å². The lowest BCUT2D eigenvalue weighted by Crippen LogP contribution is -2.06. The average Bonchev–Trinajstić information content (AvgIpc) is 3.03. The molecule has 4 aromatic rings. The third kappa shape index (κ3) is 3.95. The summed E-state index contributed by atoms with van der Waals surface area (Å²) >= 11 is 1.56. The zero-order valence-corrected chi connectivity index (χ0v) is 16.7. The van der Waals surface area contributed by atoms with Crippen molar-refractivity contribution in [1.29, 1.82) is 0 Å². The summed E-state index contributed by atoms with van der Waals surface area (Å²) in [5, 5.41) is 4.40. The highest BCUT2D eigenvalue weighted by atomic mass is 32.2. The van der Waals surface area contributed by atoms with Gasteiger partial charge in [-0.2, -0.15) is 0 Å². The van der Waals surface area contributed by atoms with E-state index >= 15 is 0 Å². The molecule has 0 atom stereocenters. The molecule has 1 N–H and O–H groups in total. The molecular weight excluding hydrogens is 386 g/mol. The highest BCUT2D eigenvalue weighted by molar-refractivity contribution is 7.98. The quantitative estimate of drug-likeness (QED) is 0.289. The van der Waals surface area contributed by atoms with Crippen LogP contribution in [0.15, 0.2) is 75.6 Å². The van der Waals surface area contributed by atoms with Gasteiger partial charge in [-0.05, 0) is 29.8 Å². The first-order chi connectivity index (χ1) is 14.0. The number of para-hydroxylation sites is 2. The summed E-state index contributed by atoms with van der Waals surface area (Å²) in [6.45, 7) is 5.93. The fourth-order valence-electron chi connectivity index (χ4n) is 3.24. The molecule has 146 valence electrons. The van der Waals surface area contributed by atoms with Crippen LogP contribution >= 0.6 is 11.8 Å². The first-order valence-corrected chi connectivity index (χ1v) is 10.1. The molecule has 2 heterocycles. The Hall–Kier alpha value is -3.32. The molecule has 1 amide bonds. The van der Waals surface area contributed by atoms with E-state index in [2.05, 4.69) is 16.5 Å². The Morgan fingerprint density at radius 1 is 1.28 bits per heavy atom. The van der Waals surface area contributed by atoms with Crippen LogP contribution in [0.1, 0.15) is 12.5 Å². The second-order valence-corrected chi connectivity index (χ2v) is 7.50. The Balaban J connectivity index is 1.69. The van der Waals surface area contributed by atoms with Crippen molar-refractivity contribution >= 4 is 45.4 Å². The maximum absolute atomic E-state index is 12.1. The van der Waals surface area contributed by atoms with Crippen LogP contribution in [0.25, 0.3) is 22.0 Å². The number of hydrogen-bond donors (Lipinski definition) is 1. The van der Waals surface area contributed by atoms with E-state index in [9.17, 15) is 9.59 Å². The third-order valence-corrected chi connectivity index (χ3v) is 5.46. The molecule has 0 aliphatic carbocycles. The highest BCUT2D eigenvalue weighted by Crippen LogP contribution is 2.30. The lowest BCUT2D eigenvalue weighted by molar-refractivity contribution is -0.114. The summed E-state index contributed by atoms with van der Waals surface area (Å²) in [6, 6.07) is 14.8. The van der Waals surface area contributed by atoms with E-state index < -0.39 is 5.63 Å². The summed E-state index contributed by atoms with van der Waals surface area (Å²) in [7, 11) is 0. The number of amides is 1. The van der Waals surface area contributed by atoms with Crippen molar-refractivity contribution in [3.05, 3.63) is 77.2 Å². The van der Waals surface area contributed by atoms with Gasteiger partial charge in [0.2, 0.25) is 5.91 Å². The molecule has 0 bridgehead atoms. The molecule has 0 radical (unpaired) electrons. The van der Waals surface area contributed by atoms with Crippen LogP contribution in [0, 0.1) is 0 Å². The number of nitrogens with zero attached hydrogens (tertiary/aromatic N) is 2. The van der Waals surface area contributed by atoms with Crippen LogP contribution in [0.5, 0.6) is 0 Å². The van der Waals surface area contributed by atoms with E-state index in [0.717, 1.165) is 27.1 Å². The number of fused-ring (bicyclic) bond motifs is 2. The van der Waals surface area contributed by atoms with Crippen LogP contribution < -0.4 is 10.9 Å². The topological polar surface area (TPSA) is 77.1 Å². The van der Waals surface area contributed by atoms with Crippen LogP contribution in [-0.2, 0) is 17.1 Å².